The van der Waals surface area contributed by atoms with Crippen molar-refractivity contribution in [1.29, 1.82) is 0 Å². The summed E-state index contributed by atoms with van der Waals surface area (Å²) < 4.78 is 23.6. The summed E-state index contributed by atoms with van der Waals surface area (Å²) in [5, 5.41) is 2.75. The summed E-state index contributed by atoms with van der Waals surface area (Å²) >= 11 is 0. The fraction of sp³-hybridized carbons (Fsp3) is 0.240. The van der Waals surface area contributed by atoms with E-state index < -0.39 is 5.82 Å². The van der Waals surface area contributed by atoms with Gasteiger partial charge in [0.15, 0.2) is 0 Å². The first kappa shape index (κ1) is 23.0. The van der Waals surface area contributed by atoms with Crippen molar-refractivity contribution in [3.8, 4) is 11.5 Å². The molecule has 1 N–H and O–H groups in total. The monoisotopic (exact) mass is 464 g/mol. The summed E-state index contributed by atoms with van der Waals surface area (Å²) in [6.07, 6.45) is 1.58. The molecule has 2 aromatic carbocycles. The van der Waals surface area contributed by atoms with Crippen molar-refractivity contribution in [2.45, 2.75) is 0 Å². The third-order valence-electron chi connectivity index (χ3n) is 5.64. The topological polar surface area (TPSA) is 84.0 Å². The molecule has 1 aliphatic rings. The number of rotatable bonds is 6. The number of amides is 2. The third-order valence-corrected chi connectivity index (χ3v) is 5.64. The molecule has 2 heterocycles. The Labute approximate surface area is 196 Å². The number of nitrogens with zero attached hydrogens (tertiary/aromatic N) is 3. The van der Waals surface area contributed by atoms with Crippen molar-refractivity contribution in [3.63, 3.8) is 0 Å². The van der Waals surface area contributed by atoms with Crippen molar-refractivity contribution in [2.24, 2.45) is 0 Å². The molecule has 34 heavy (non-hydrogen) atoms. The average molecular weight is 464 g/mol. The van der Waals surface area contributed by atoms with Crippen molar-refractivity contribution >= 4 is 23.3 Å². The molecule has 0 radical (unpaired) electrons. The fourth-order valence-electron chi connectivity index (χ4n) is 3.74. The number of hydrogen-bond donors (Lipinski definition) is 1. The molecule has 8 nitrogen and oxygen atoms in total. The third kappa shape index (κ3) is 5.09. The summed E-state index contributed by atoms with van der Waals surface area (Å²) in [6, 6.07) is 14.1. The number of carbonyl (C=O) groups is 2. The minimum Gasteiger partial charge on any atom is -0.497 e. The van der Waals surface area contributed by atoms with E-state index >= 15 is 0 Å². The van der Waals surface area contributed by atoms with Gasteiger partial charge in [0.2, 0.25) is 0 Å². The lowest BCUT2D eigenvalue weighted by Gasteiger charge is -2.35. The Kier molecular flexibility index (Phi) is 6.91. The van der Waals surface area contributed by atoms with Gasteiger partial charge in [-0.15, -0.1) is 0 Å². The molecule has 1 aliphatic heterocycles. The molecule has 1 aromatic heterocycles. The Morgan fingerprint density at radius 3 is 2.29 bits per heavy atom. The highest BCUT2D eigenvalue weighted by Crippen LogP contribution is 2.26. The molecular weight excluding hydrogens is 439 g/mol. The van der Waals surface area contributed by atoms with Crippen molar-refractivity contribution < 1.29 is 23.5 Å². The summed E-state index contributed by atoms with van der Waals surface area (Å²) in [4.78, 5) is 33.6. The Bertz CT molecular complexity index is 1160. The smallest absolute Gasteiger partial charge is 0.257 e. The summed E-state index contributed by atoms with van der Waals surface area (Å²) in [7, 11) is 3.09. The van der Waals surface area contributed by atoms with Gasteiger partial charge in [0.05, 0.1) is 31.7 Å². The van der Waals surface area contributed by atoms with E-state index in [1.54, 1.807) is 42.5 Å². The van der Waals surface area contributed by atoms with Crippen molar-refractivity contribution in [2.75, 3.05) is 50.6 Å². The van der Waals surface area contributed by atoms with E-state index in [9.17, 15) is 14.0 Å². The fourth-order valence-corrected chi connectivity index (χ4v) is 3.74. The number of hydrogen-bond acceptors (Lipinski definition) is 6. The van der Waals surface area contributed by atoms with Crippen LogP contribution in [0.4, 0.5) is 15.9 Å². The molecule has 1 saturated heterocycles. The predicted molar refractivity (Wildman–Crippen MR) is 126 cm³/mol. The molecule has 176 valence electrons. The molecule has 4 rings (SSSR count). The zero-order valence-electron chi connectivity index (χ0n) is 19.0. The lowest BCUT2D eigenvalue weighted by atomic mass is 10.1. The Morgan fingerprint density at radius 1 is 0.941 bits per heavy atom. The number of benzene rings is 2. The quantitative estimate of drug-likeness (QED) is 0.602. The van der Waals surface area contributed by atoms with Gasteiger partial charge in [-0.3, -0.25) is 9.59 Å². The van der Waals surface area contributed by atoms with Crippen LogP contribution in [0, 0.1) is 5.82 Å². The number of nitrogens with one attached hydrogen (secondary N) is 1. The number of carbonyl (C=O) groups excluding carboxylic acids is 2. The number of piperazine rings is 1. The molecule has 1 fully saturated rings. The van der Waals surface area contributed by atoms with Crippen LogP contribution in [0.5, 0.6) is 11.5 Å². The van der Waals surface area contributed by atoms with Crippen molar-refractivity contribution in [3.05, 3.63) is 77.7 Å². The molecular formula is C25H25FN4O4. The number of ether oxygens (including phenoxy) is 2. The largest absolute Gasteiger partial charge is 0.497 e. The van der Waals surface area contributed by atoms with Gasteiger partial charge in [-0.2, -0.15) is 0 Å². The highest BCUT2D eigenvalue weighted by Gasteiger charge is 2.25. The standard InChI is InChI=1S/C25H25FN4O4/c1-33-20-8-9-21(22(15-20)34-2)25(32)30-13-11-29(12-14-30)23-10-7-19(16-27-23)28-24(31)17-3-5-18(26)6-4-17/h3-10,15-16H,11-14H2,1-2H3,(H,28,31). The van der Waals surface area contributed by atoms with Gasteiger partial charge in [0.1, 0.15) is 23.1 Å². The van der Waals surface area contributed by atoms with E-state index in [4.69, 9.17) is 9.47 Å². The van der Waals surface area contributed by atoms with Gasteiger partial charge in [-0.25, -0.2) is 9.37 Å². The van der Waals surface area contributed by atoms with E-state index in [0.29, 0.717) is 54.5 Å². The molecule has 0 atom stereocenters. The number of anilines is 2. The zero-order valence-corrected chi connectivity index (χ0v) is 19.0. The second kappa shape index (κ2) is 10.2. The van der Waals surface area contributed by atoms with Crippen LogP contribution in [0.2, 0.25) is 0 Å². The van der Waals surface area contributed by atoms with Crippen LogP contribution in [0.1, 0.15) is 20.7 Å². The molecule has 0 saturated carbocycles. The highest BCUT2D eigenvalue weighted by atomic mass is 19.1. The average Bonchev–Trinajstić information content (AvgIpc) is 2.88. The maximum Gasteiger partial charge on any atom is 0.257 e. The van der Waals surface area contributed by atoms with E-state index in [-0.39, 0.29) is 11.8 Å². The Morgan fingerprint density at radius 2 is 1.68 bits per heavy atom. The van der Waals surface area contributed by atoms with Gasteiger partial charge >= 0.3 is 0 Å². The molecule has 0 spiro atoms. The Balaban J connectivity index is 1.35. The normalized spacial score (nSPS) is 13.4. The van der Waals surface area contributed by atoms with Crippen molar-refractivity contribution in [1.82, 2.24) is 9.88 Å². The van der Waals surface area contributed by atoms with Crippen LogP contribution in [-0.2, 0) is 0 Å². The maximum atomic E-state index is 13.0. The highest BCUT2D eigenvalue weighted by molar-refractivity contribution is 6.04. The van der Waals surface area contributed by atoms with E-state index in [0.717, 1.165) is 5.82 Å². The first-order chi connectivity index (χ1) is 16.5. The summed E-state index contributed by atoms with van der Waals surface area (Å²) in [5.41, 5.74) is 1.40. The zero-order chi connectivity index (χ0) is 24.1. The second-order valence-electron chi connectivity index (χ2n) is 7.71. The van der Waals surface area contributed by atoms with Gasteiger partial charge < -0.3 is 24.6 Å². The molecule has 0 bridgehead atoms. The van der Waals surface area contributed by atoms with Crippen LogP contribution >= 0.6 is 0 Å². The first-order valence-corrected chi connectivity index (χ1v) is 10.8. The second-order valence-corrected chi connectivity index (χ2v) is 7.71. The molecule has 0 aliphatic carbocycles. The minimum atomic E-state index is -0.396. The SMILES string of the molecule is COc1ccc(C(=O)N2CCN(c3ccc(NC(=O)c4ccc(F)cc4)cn3)CC2)c(OC)c1. The van der Waals surface area contributed by atoms with Crippen LogP contribution < -0.4 is 19.7 Å². The lowest BCUT2D eigenvalue weighted by molar-refractivity contribution is 0.0743. The van der Waals surface area contributed by atoms with Crippen LogP contribution in [0.25, 0.3) is 0 Å². The first-order valence-electron chi connectivity index (χ1n) is 10.8. The lowest BCUT2D eigenvalue weighted by Crippen LogP contribution is -2.49. The van der Waals surface area contributed by atoms with Crippen LogP contribution in [-0.4, -0.2) is 62.1 Å². The maximum absolute atomic E-state index is 13.0. The van der Waals surface area contributed by atoms with E-state index in [2.05, 4.69) is 15.2 Å². The predicted octanol–water partition coefficient (Wildman–Crippen LogP) is 3.45. The number of pyridine rings is 1. The van der Waals surface area contributed by atoms with E-state index in [1.807, 2.05) is 6.07 Å². The van der Waals surface area contributed by atoms with Crippen LogP contribution in [0.3, 0.4) is 0 Å². The molecule has 0 unspecified atom stereocenters. The van der Waals surface area contributed by atoms with Gasteiger partial charge in [-0.05, 0) is 48.5 Å². The summed E-state index contributed by atoms with van der Waals surface area (Å²) in [5.74, 6) is 1.04. The van der Waals surface area contributed by atoms with E-state index in [1.165, 1.54) is 31.4 Å². The molecule has 2 amide bonds. The van der Waals surface area contributed by atoms with Gasteiger partial charge in [0, 0.05) is 37.8 Å². The number of halogens is 1. The number of methoxy groups -OCH3 is 2. The minimum absolute atomic E-state index is 0.0917. The van der Waals surface area contributed by atoms with Gasteiger partial charge in [-0.1, -0.05) is 0 Å². The molecule has 9 heteroatoms. The van der Waals surface area contributed by atoms with Gasteiger partial charge in [0.25, 0.3) is 11.8 Å². The number of aromatic nitrogens is 1. The Hall–Kier alpha value is -4.14. The molecule has 3 aromatic rings. The summed E-state index contributed by atoms with van der Waals surface area (Å²) in [6.45, 7) is 2.33. The van der Waals surface area contributed by atoms with Crippen LogP contribution in [0.15, 0.2) is 60.8 Å².